The van der Waals surface area contributed by atoms with Gasteiger partial charge in [-0.15, -0.1) is 0 Å². The fourth-order valence-electron chi connectivity index (χ4n) is 1.08. The summed E-state index contributed by atoms with van der Waals surface area (Å²) in [5, 5.41) is 0. The predicted octanol–water partition coefficient (Wildman–Crippen LogP) is 0.790. The highest BCUT2D eigenvalue weighted by molar-refractivity contribution is 7.85. The van der Waals surface area contributed by atoms with E-state index < -0.39 is 10.1 Å². The van der Waals surface area contributed by atoms with E-state index in [1.807, 2.05) is 0 Å². The highest BCUT2D eigenvalue weighted by Crippen LogP contribution is 2.21. The Morgan fingerprint density at radius 2 is 1.62 bits per heavy atom. The molecule has 1 rings (SSSR count). The maximum Gasteiger partial charge on any atom is 0.124 e. The van der Waals surface area contributed by atoms with Crippen LogP contribution in [0.4, 0.5) is 5.69 Å². The smallest absolute Gasteiger partial charge is 0.124 e. The Kier molecular flexibility index (Phi) is 2.32. The van der Waals surface area contributed by atoms with E-state index in [1.165, 1.54) is 12.1 Å². The number of benzene rings is 1. The van der Waals surface area contributed by atoms with Crippen LogP contribution in [0, 0.1) is 13.8 Å². The molecular formula is C8H10NO3S-. The van der Waals surface area contributed by atoms with Crippen LogP contribution in [0.3, 0.4) is 0 Å². The summed E-state index contributed by atoms with van der Waals surface area (Å²) in [4.78, 5) is -0.225. The molecule has 0 aliphatic heterocycles. The predicted molar refractivity (Wildman–Crippen MR) is 48.3 cm³/mol. The minimum atomic E-state index is -4.37. The van der Waals surface area contributed by atoms with Crippen LogP contribution in [0.5, 0.6) is 0 Å². The van der Waals surface area contributed by atoms with E-state index in [-0.39, 0.29) is 4.90 Å². The molecular weight excluding hydrogens is 190 g/mol. The number of aryl methyl sites for hydroxylation is 2. The van der Waals surface area contributed by atoms with Gasteiger partial charge in [-0.05, 0) is 37.1 Å². The highest BCUT2D eigenvalue weighted by atomic mass is 32.2. The number of anilines is 1. The summed E-state index contributed by atoms with van der Waals surface area (Å²) >= 11 is 0. The lowest BCUT2D eigenvalue weighted by Gasteiger charge is -2.11. The lowest BCUT2D eigenvalue weighted by Crippen LogP contribution is -2.02. The molecule has 0 bridgehead atoms. The van der Waals surface area contributed by atoms with Crippen LogP contribution in [0.1, 0.15) is 11.1 Å². The van der Waals surface area contributed by atoms with Crippen molar-refractivity contribution in [3.8, 4) is 0 Å². The quantitative estimate of drug-likeness (QED) is 0.536. The molecule has 0 saturated carbocycles. The van der Waals surface area contributed by atoms with Gasteiger partial charge in [0.1, 0.15) is 10.1 Å². The van der Waals surface area contributed by atoms with Gasteiger partial charge in [0.2, 0.25) is 0 Å². The molecule has 0 heterocycles. The fourth-order valence-corrected chi connectivity index (χ4v) is 1.72. The monoisotopic (exact) mass is 200 g/mol. The molecule has 0 aromatic heterocycles. The molecule has 0 aliphatic carbocycles. The zero-order valence-corrected chi connectivity index (χ0v) is 8.18. The molecule has 0 unspecified atom stereocenters. The van der Waals surface area contributed by atoms with Gasteiger partial charge in [-0.3, -0.25) is 0 Å². The second-order valence-corrected chi connectivity index (χ2v) is 4.30. The standard InChI is InChI=1S/C8H11NO3S/c1-5-3-7(13(10,11)12)4-6(2)8(5)9/h3-4H,9H2,1-2H3,(H,10,11,12)/p-1. The third kappa shape index (κ3) is 1.99. The Labute approximate surface area is 77.1 Å². The van der Waals surface area contributed by atoms with E-state index in [4.69, 9.17) is 5.73 Å². The Bertz CT molecular complexity index is 414. The largest absolute Gasteiger partial charge is 0.744 e. The number of nitrogens with two attached hydrogens (primary N) is 1. The molecule has 0 amide bonds. The van der Waals surface area contributed by atoms with Crippen molar-refractivity contribution in [3.05, 3.63) is 23.3 Å². The van der Waals surface area contributed by atoms with Gasteiger partial charge in [-0.2, -0.15) is 0 Å². The molecule has 72 valence electrons. The van der Waals surface area contributed by atoms with Crippen molar-refractivity contribution in [1.82, 2.24) is 0 Å². The number of rotatable bonds is 1. The molecule has 13 heavy (non-hydrogen) atoms. The van der Waals surface area contributed by atoms with Gasteiger partial charge in [0.05, 0.1) is 4.90 Å². The minimum absolute atomic E-state index is 0.225. The normalized spacial score (nSPS) is 11.6. The minimum Gasteiger partial charge on any atom is -0.744 e. The molecule has 0 fully saturated rings. The molecule has 2 N–H and O–H groups in total. The van der Waals surface area contributed by atoms with E-state index in [9.17, 15) is 13.0 Å². The first-order valence-electron chi connectivity index (χ1n) is 3.65. The zero-order valence-electron chi connectivity index (χ0n) is 7.37. The van der Waals surface area contributed by atoms with Crippen LogP contribution < -0.4 is 5.73 Å². The van der Waals surface area contributed by atoms with Gasteiger partial charge in [-0.1, -0.05) is 0 Å². The summed E-state index contributed by atoms with van der Waals surface area (Å²) in [6, 6.07) is 2.56. The van der Waals surface area contributed by atoms with Crippen molar-refractivity contribution in [2.24, 2.45) is 0 Å². The van der Waals surface area contributed by atoms with Crippen LogP contribution in [0.25, 0.3) is 0 Å². The van der Waals surface area contributed by atoms with Gasteiger partial charge < -0.3 is 10.3 Å². The molecule has 0 saturated heterocycles. The fraction of sp³-hybridized carbons (Fsp3) is 0.250. The number of hydrogen-bond donors (Lipinski definition) is 1. The summed E-state index contributed by atoms with van der Waals surface area (Å²) in [5.41, 5.74) is 7.33. The second kappa shape index (κ2) is 3.01. The SMILES string of the molecule is Cc1cc(S(=O)(=O)[O-])cc(C)c1N. The van der Waals surface area contributed by atoms with Crippen LogP contribution in [-0.4, -0.2) is 13.0 Å². The lowest BCUT2D eigenvalue weighted by molar-refractivity contribution is 0.463. The lowest BCUT2D eigenvalue weighted by atomic mass is 10.1. The Morgan fingerprint density at radius 1 is 1.23 bits per heavy atom. The Hall–Kier alpha value is -1.07. The molecule has 5 heteroatoms. The molecule has 1 aromatic carbocycles. The second-order valence-electron chi connectivity index (χ2n) is 2.92. The summed E-state index contributed by atoms with van der Waals surface area (Å²) in [5.74, 6) is 0. The summed E-state index contributed by atoms with van der Waals surface area (Å²) < 4.78 is 32.0. The maximum absolute atomic E-state index is 10.7. The topological polar surface area (TPSA) is 83.2 Å². The molecule has 0 radical (unpaired) electrons. The molecule has 0 atom stereocenters. The average molecular weight is 200 g/mol. The van der Waals surface area contributed by atoms with Crippen molar-refractivity contribution in [1.29, 1.82) is 0 Å². The summed E-state index contributed by atoms with van der Waals surface area (Å²) in [6.07, 6.45) is 0. The van der Waals surface area contributed by atoms with Crippen molar-refractivity contribution in [3.63, 3.8) is 0 Å². The van der Waals surface area contributed by atoms with Gasteiger partial charge in [0, 0.05) is 5.69 Å². The molecule has 0 aliphatic rings. The number of nitrogen functional groups attached to an aromatic ring is 1. The highest BCUT2D eigenvalue weighted by Gasteiger charge is 2.05. The average Bonchev–Trinajstić information content (AvgIpc) is 1.97. The van der Waals surface area contributed by atoms with Crippen molar-refractivity contribution >= 4 is 15.8 Å². The first kappa shape index (κ1) is 10.0. The molecule has 1 aromatic rings. The summed E-state index contributed by atoms with van der Waals surface area (Å²) in [6.45, 7) is 3.33. The third-order valence-corrected chi connectivity index (χ3v) is 2.67. The van der Waals surface area contributed by atoms with Crippen molar-refractivity contribution < 1.29 is 13.0 Å². The molecule has 0 spiro atoms. The van der Waals surface area contributed by atoms with Crippen LogP contribution in [-0.2, 0) is 10.1 Å². The zero-order chi connectivity index (χ0) is 10.2. The van der Waals surface area contributed by atoms with Gasteiger partial charge in [0.25, 0.3) is 0 Å². The van der Waals surface area contributed by atoms with Gasteiger partial charge >= 0.3 is 0 Å². The van der Waals surface area contributed by atoms with E-state index >= 15 is 0 Å². The number of hydrogen-bond acceptors (Lipinski definition) is 4. The molecule has 4 nitrogen and oxygen atoms in total. The van der Waals surface area contributed by atoms with Crippen LogP contribution in [0.2, 0.25) is 0 Å². The van der Waals surface area contributed by atoms with E-state index in [1.54, 1.807) is 13.8 Å². The summed E-state index contributed by atoms with van der Waals surface area (Å²) in [7, 11) is -4.37. The first-order valence-corrected chi connectivity index (χ1v) is 5.06. The van der Waals surface area contributed by atoms with Crippen LogP contribution in [0.15, 0.2) is 17.0 Å². The first-order chi connectivity index (χ1) is 5.82. The van der Waals surface area contributed by atoms with Gasteiger partial charge in [0.15, 0.2) is 0 Å². The third-order valence-electron chi connectivity index (χ3n) is 1.86. The van der Waals surface area contributed by atoms with E-state index in [2.05, 4.69) is 0 Å². The Morgan fingerprint density at radius 3 is 1.92 bits per heavy atom. The van der Waals surface area contributed by atoms with Crippen molar-refractivity contribution in [2.45, 2.75) is 18.7 Å². The van der Waals surface area contributed by atoms with E-state index in [0.29, 0.717) is 16.8 Å². The van der Waals surface area contributed by atoms with Crippen molar-refractivity contribution in [2.75, 3.05) is 5.73 Å². The van der Waals surface area contributed by atoms with Crippen LogP contribution >= 0.6 is 0 Å². The maximum atomic E-state index is 10.7. The van der Waals surface area contributed by atoms with E-state index in [0.717, 1.165) is 0 Å². The Balaban J connectivity index is 3.47. The van der Waals surface area contributed by atoms with Gasteiger partial charge in [-0.25, -0.2) is 8.42 Å².